The predicted molar refractivity (Wildman–Crippen MR) is 97.7 cm³/mol. The van der Waals surface area contributed by atoms with Crippen LogP contribution in [0.1, 0.15) is 52.0 Å². The minimum absolute atomic E-state index is 0.00884. The maximum absolute atomic E-state index is 12.9. The molecule has 7 nitrogen and oxygen atoms in total. The number of aliphatic carboxylic acids is 1. The third kappa shape index (κ3) is 3.40. The number of carboxylic acid groups (broad SMARTS) is 1. The zero-order chi connectivity index (χ0) is 19.0. The van der Waals surface area contributed by atoms with Gasteiger partial charge in [0.05, 0.1) is 22.6 Å². The molecule has 0 radical (unpaired) electrons. The van der Waals surface area contributed by atoms with E-state index < -0.39 is 11.9 Å². The summed E-state index contributed by atoms with van der Waals surface area (Å²) in [5.74, 6) is -1.81. The van der Waals surface area contributed by atoms with Crippen LogP contribution in [0.25, 0.3) is 11.1 Å². The number of nitrogens with one attached hydrogen (secondary N) is 1. The van der Waals surface area contributed by atoms with Crippen LogP contribution in [0.4, 0.5) is 0 Å². The molecule has 1 aliphatic rings. The lowest BCUT2D eigenvalue weighted by Gasteiger charge is -2.14. The fourth-order valence-corrected chi connectivity index (χ4v) is 3.20. The summed E-state index contributed by atoms with van der Waals surface area (Å²) in [5.41, 5.74) is 2.83. The fourth-order valence-electron chi connectivity index (χ4n) is 3.20. The van der Waals surface area contributed by atoms with Gasteiger partial charge in [0.15, 0.2) is 0 Å². The van der Waals surface area contributed by atoms with Gasteiger partial charge < -0.3 is 14.9 Å². The maximum Gasteiger partial charge on any atom is 0.312 e. The largest absolute Gasteiger partial charge is 0.481 e. The fraction of sp³-hybridized carbons (Fsp3) is 0.300. The van der Waals surface area contributed by atoms with Crippen LogP contribution in [-0.4, -0.2) is 33.7 Å². The van der Waals surface area contributed by atoms with Gasteiger partial charge in [0.25, 0.3) is 11.6 Å². The second kappa shape index (κ2) is 6.83. The quantitative estimate of drug-likeness (QED) is 0.696. The highest BCUT2D eigenvalue weighted by atomic mass is 16.5. The number of carbonyl (C=O) groups is 2. The Balaban J connectivity index is 1.61. The second-order valence-electron chi connectivity index (χ2n) is 6.83. The van der Waals surface area contributed by atoms with Crippen molar-refractivity contribution in [3.05, 3.63) is 58.9 Å². The van der Waals surface area contributed by atoms with E-state index in [0.29, 0.717) is 33.8 Å². The molecule has 1 atom stereocenters. The Kier molecular flexibility index (Phi) is 4.35. The van der Waals surface area contributed by atoms with Crippen molar-refractivity contribution >= 4 is 23.0 Å². The zero-order valence-electron chi connectivity index (χ0n) is 14.8. The normalized spacial score (nSPS) is 14.9. The monoisotopic (exact) mass is 365 g/mol. The van der Waals surface area contributed by atoms with Crippen LogP contribution in [0.2, 0.25) is 0 Å². The third-order valence-electron chi connectivity index (χ3n) is 4.84. The van der Waals surface area contributed by atoms with Gasteiger partial charge in [0.1, 0.15) is 0 Å². The number of carboxylic acids is 1. The van der Waals surface area contributed by atoms with Crippen LogP contribution in [-0.2, 0) is 4.79 Å². The van der Waals surface area contributed by atoms with Gasteiger partial charge in [-0.15, -0.1) is 0 Å². The van der Waals surface area contributed by atoms with Gasteiger partial charge in [-0.05, 0) is 31.4 Å². The first kappa shape index (κ1) is 17.2. The highest BCUT2D eigenvalue weighted by Crippen LogP contribution is 2.40. The van der Waals surface area contributed by atoms with E-state index in [2.05, 4.69) is 15.5 Å². The molecule has 0 aliphatic heterocycles. The molecule has 2 heterocycles. The van der Waals surface area contributed by atoms with Crippen molar-refractivity contribution in [3.8, 4) is 0 Å². The molecule has 1 aliphatic carbocycles. The lowest BCUT2D eigenvalue weighted by molar-refractivity contribution is -0.138. The SMILES string of the molecule is Cc1noc2nc(C3CC3)cc(C(=O)NCC(C(=O)O)c3ccccc3)c12. The smallest absolute Gasteiger partial charge is 0.312 e. The molecule has 0 saturated heterocycles. The molecule has 3 aromatic rings. The first-order valence-corrected chi connectivity index (χ1v) is 8.87. The van der Waals surface area contributed by atoms with E-state index in [1.807, 2.05) is 6.07 Å². The van der Waals surface area contributed by atoms with Gasteiger partial charge in [0, 0.05) is 18.2 Å². The number of aromatic nitrogens is 2. The van der Waals surface area contributed by atoms with Crippen molar-refractivity contribution in [1.82, 2.24) is 15.5 Å². The second-order valence-corrected chi connectivity index (χ2v) is 6.83. The van der Waals surface area contributed by atoms with Crippen LogP contribution < -0.4 is 5.32 Å². The van der Waals surface area contributed by atoms with Gasteiger partial charge in [-0.25, -0.2) is 4.98 Å². The van der Waals surface area contributed by atoms with E-state index in [4.69, 9.17) is 4.52 Å². The van der Waals surface area contributed by atoms with E-state index in [-0.39, 0.29) is 12.5 Å². The molecule has 27 heavy (non-hydrogen) atoms. The van der Waals surface area contributed by atoms with Crippen molar-refractivity contribution in [2.24, 2.45) is 0 Å². The predicted octanol–water partition coefficient (Wildman–Crippen LogP) is 3.01. The van der Waals surface area contributed by atoms with E-state index in [0.717, 1.165) is 18.5 Å². The summed E-state index contributed by atoms with van der Waals surface area (Å²) >= 11 is 0. The van der Waals surface area contributed by atoms with Crippen molar-refractivity contribution in [3.63, 3.8) is 0 Å². The molecule has 138 valence electrons. The summed E-state index contributed by atoms with van der Waals surface area (Å²) in [6.07, 6.45) is 2.09. The molecule has 2 N–H and O–H groups in total. The van der Waals surface area contributed by atoms with Crippen LogP contribution in [0, 0.1) is 6.92 Å². The van der Waals surface area contributed by atoms with Gasteiger partial charge in [-0.2, -0.15) is 0 Å². The van der Waals surface area contributed by atoms with Crippen molar-refractivity contribution < 1.29 is 19.2 Å². The number of benzene rings is 1. The summed E-state index contributed by atoms with van der Waals surface area (Å²) in [6.45, 7) is 1.75. The molecule has 0 bridgehead atoms. The van der Waals surface area contributed by atoms with Gasteiger partial charge in [-0.1, -0.05) is 35.5 Å². The van der Waals surface area contributed by atoms with Crippen molar-refractivity contribution in [2.45, 2.75) is 31.6 Å². The number of rotatable bonds is 6. The number of amides is 1. The van der Waals surface area contributed by atoms with Crippen LogP contribution in [0.15, 0.2) is 40.9 Å². The summed E-state index contributed by atoms with van der Waals surface area (Å²) in [5, 5.41) is 16.8. The Morgan fingerprint density at radius 1 is 1.30 bits per heavy atom. The molecule has 4 rings (SSSR count). The van der Waals surface area contributed by atoms with Crippen LogP contribution in [0.3, 0.4) is 0 Å². The number of aryl methyl sites for hydroxylation is 1. The topological polar surface area (TPSA) is 105 Å². The molecule has 1 fully saturated rings. The lowest BCUT2D eigenvalue weighted by Crippen LogP contribution is -2.32. The number of nitrogens with zero attached hydrogens (tertiary/aromatic N) is 2. The standard InChI is InChI=1S/C20H19N3O4/c1-11-17-14(9-16(13-7-8-13)22-19(17)27-23-11)18(24)21-10-15(20(25)26)12-5-3-2-4-6-12/h2-6,9,13,15H,7-8,10H2,1H3,(H,21,24)(H,25,26). The minimum atomic E-state index is -0.985. The van der Waals surface area contributed by atoms with Gasteiger partial charge >= 0.3 is 5.97 Å². The summed E-state index contributed by atoms with van der Waals surface area (Å²) in [4.78, 5) is 29.0. The highest BCUT2D eigenvalue weighted by molar-refractivity contribution is 6.06. The van der Waals surface area contributed by atoms with Crippen LogP contribution in [0.5, 0.6) is 0 Å². The summed E-state index contributed by atoms with van der Waals surface area (Å²) < 4.78 is 5.26. The van der Waals surface area contributed by atoms with Crippen molar-refractivity contribution in [2.75, 3.05) is 6.54 Å². The zero-order valence-corrected chi connectivity index (χ0v) is 14.8. The molecule has 0 spiro atoms. The first-order valence-electron chi connectivity index (χ1n) is 8.87. The maximum atomic E-state index is 12.9. The number of hydrogen-bond donors (Lipinski definition) is 2. The molecule has 7 heteroatoms. The first-order chi connectivity index (χ1) is 13.0. The van der Waals surface area contributed by atoms with Gasteiger partial charge in [0.2, 0.25) is 0 Å². The number of carbonyl (C=O) groups excluding carboxylic acids is 1. The molecule has 2 aromatic heterocycles. The summed E-state index contributed by atoms with van der Waals surface area (Å²) in [6, 6.07) is 10.6. The van der Waals surface area contributed by atoms with E-state index in [9.17, 15) is 14.7 Å². The van der Waals surface area contributed by atoms with Crippen molar-refractivity contribution in [1.29, 1.82) is 0 Å². The van der Waals surface area contributed by atoms with Crippen LogP contribution >= 0.6 is 0 Å². The van der Waals surface area contributed by atoms with E-state index in [1.54, 1.807) is 37.3 Å². The molecule has 1 amide bonds. The van der Waals surface area contributed by atoms with Gasteiger partial charge in [-0.3, -0.25) is 9.59 Å². The number of pyridine rings is 1. The number of hydrogen-bond acceptors (Lipinski definition) is 5. The molecule has 1 saturated carbocycles. The molecule has 1 unspecified atom stereocenters. The molecular weight excluding hydrogens is 346 g/mol. The Hall–Kier alpha value is -3.22. The van der Waals surface area contributed by atoms with E-state index >= 15 is 0 Å². The Bertz CT molecular complexity index is 1010. The summed E-state index contributed by atoms with van der Waals surface area (Å²) in [7, 11) is 0. The Labute approximate surface area is 155 Å². The Morgan fingerprint density at radius 2 is 2.04 bits per heavy atom. The van der Waals surface area contributed by atoms with E-state index in [1.165, 1.54) is 0 Å². The lowest BCUT2D eigenvalue weighted by atomic mass is 9.99. The Morgan fingerprint density at radius 3 is 2.70 bits per heavy atom. The average Bonchev–Trinajstić information content (AvgIpc) is 3.45. The third-order valence-corrected chi connectivity index (χ3v) is 4.84. The molecule has 1 aromatic carbocycles. The highest BCUT2D eigenvalue weighted by Gasteiger charge is 2.29. The number of fused-ring (bicyclic) bond motifs is 1. The minimum Gasteiger partial charge on any atom is -0.481 e. The average molecular weight is 365 g/mol. The molecular formula is C20H19N3O4.